The van der Waals surface area contributed by atoms with Gasteiger partial charge < -0.3 is 15.2 Å². The highest BCUT2D eigenvalue weighted by atomic mass is 35.5. The second kappa shape index (κ2) is 8.63. The Labute approximate surface area is 196 Å². The van der Waals surface area contributed by atoms with E-state index in [1.807, 2.05) is 31.2 Å². The number of hydrogen-bond donors (Lipinski definition) is 2. The smallest absolute Gasteiger partial charge is 0.257 e. The highest BCUT2D eigenvalue weighted by Gasteiger charge is 2.49. The first kappa shape index (κ1) is 21.6. The summed E-state index contributed by atoms with van der Waals surface area (Å²) in [7, 11) is 0. The summed E-state index contributed by atoms with van der Waals surface area (Å²) >= 11 is 6.36. The SMILES string of the molecule is Cc1nocc1C(=O)N[C@@H](C(=O)Nc1ccc(-c2c(Cl)ccnc2C)cc1)[C@H]1C[C@H]2C[C@H]2C1. The largest absolute Gasteiger partial charge is 0.364 e. The normalized spacial score (nSPS) is 21.8. The first-order valence-electron chi connectivity index (χ1n) is 11.1. The molecule has 2 aliphatic carbocycles. The molecule has 7 nitrogen and oxygen atoms in total. The molecule has 4 atom stereocenters. The second-order valence-electron chi connectivity index (χ2n) is 9.07. The van der Waals surface area contributed by atoms with Crippen molar-refractivity contribution in [2.45, 2.75) is 39.2 Å². The summed E-state index contributed by atoms with van der Waals surface area (Å²) in [5.41, 5.74) is 4.14. The molecule has 8 heteroatoms. The average Bonchev–Trinajstić information content (AvgIpc) is 3.16. The van der Waals surface area contributed by atoms with Crippen LogP contribution in [0.3, 0.4) is 0 Å². The summed E-state index contributed by atoms with van der Waals surface area (Å²) in [6.07, 6.45) is 6.16. The lowest BCUT2D eigenvalue weighted by molar-refractivity contribution is -0.119. The molecule has 2 amide bonds. The van der Waals surface area contributed by atoms with Gasteiger partial charge in [-0.15, -0.1) is 0 Å². The van der Waals surface area contributed by atoms with Gasteiger partial charge in [0.25, 0.3) is 5.91 Å². The Morgan fingerprint density at radius 3 is 2.42 bits per heavy atom. The summed E-state index contributed by atoms with van der Waals surface area (Å²) in [5, 5.41) is 10.3. The van der Waals surface area contributed by atoms with Crippen molar-refractivity contribution in [1.29, 1.82) is 0 Å². The number of pyridine rings is 1. The predicted molar refractivity (Wildman–Crippen MR) is 125 cm³/mol. The third-order valence-corrected chi connectivity index (χ3v) is 7.16. The number of aryl methyl sites for hydroxylation is 2. The number of benzene rings is 1. The van der Waals surface area contributed by atoms with Crippen LogP contribution >= 0.6 is 11.6 Å². The number of carbonyl (C=O) groups excluding carboxylic acids is 2. The number of nitrogens with one attached hydrogen (secondary N) is 2. The topological polar surface area (TPSA) is 97.1 Å². The number of hydrogen-bond acceptors (Lipinski definition) is 5. The Balaban J connectivity index is 1.33. The van der Waals surface area contributed by atoms with Crippen LogP contribution in [0, 0.1) is 31.6 Å². The van der Waals surface area contributed by atoms with E-state index >= 15 is 0 Å². The maximum atomic E-state index is 13.3. The molecule has 0 aliphatic heterocycles. The highest BCUT2D eigenvalue weighted by Crippen LogP contribution is 2.55. The minimum absolute atomic E-state index is 0.119. The summed E-state index contributed by atoms with van der Waals surface area (Å²) < 4.78 is 4.89. The Morgan fingerprint density at radius 2 is 1.79 bits per heavy atom. The Hall–Kier alpha value is -3.19. The van der Waals surface area contributed by atoms with E-state index in [-0.39, 0.29) is 17.7 Å². The van der Waals surface area contributed by atoms with Crippen molar-refractivity contribution in [1.82, 2.24) is 15.5 Å². The van der Waals surface area contributed by atoms with E-state index in [0.29, 0.717) is 33.8 Å². The molecule has 2 fully saturated rings. The van der Waals surface area contributed by atoms with Crippen LogP contribution in [-0.2, 0) is 4.79 Å². The van der Waals surface area contributed by atoms with E-state index in [4.69, 9.17) is 16.1 Å². The fourth-order valence-electron chi connectivity index (χ4n) is 4.98. The molecule has 2 aromatic heterocycles. The van der Waals surface area contributed by atoms with Crippen LogP contribution in [0.1, 0.15) is 41.0 Å². The van der Waals surface area contributed by atoms with Crippen molar-refractivity contribution in [3.05, 3.63) is 64.8 Å². The van der Waals surface area contributed by atoms with Gasteiger partial charge in [-0.3, -0.25) is 14.6 Å². The molecule has 2 aliphatic rings. The van der Waals surface area contributed by atoms with Crippen molar-refractivity contribution >= 4 is 29.1 Å². The molecule has 0 radical (unpaired) electrons. The molecule has 1 aromatic carbocycles. The summed E-state index contributed by atoms with van der Waals surface area (Å²) in [5.74, 6) is 0.935. The summed E-state index contributed by atoms with van der Waals surface area (Å²) in [6, 6.07) is 8.63. The zero-order valence-corrected chi connectivity index (χ0v) is 19.2. The van der Waals surface area contributed by atoms with Gasteiger partial charge in [0.2, 0.25) is 5.91 Å². The van der Waals surface area contributed by atoms with E-state index in [2.05, 4.69) is 20.8 Å². The zero-order valence-electron chi connectivity index (χ0n) is 18.5. The van der Waals surface area contributed by atoms with Gasteiger partial charge in [-0.05, 0) is 74.6 Å². The third-order valence-electron chi connectivity index (χ3n) is 6.85. The monoisotopic (exact) mass is 464 g/mol. The van der Waals surface area contributed by atoms with Gasteiger partial charge >= 0.3 is 0 Å². The van der Waals surface area contributed by atoms with E-state index in [1.165, 1.54) is 12.7 Å². The first-order chi connectivity index (χ1) is 15.9. The quantitative estimate of drug-likeness (QED) is 0.546. The number of rotatable bonds is 6. The Morgan fingerprint density at radius 1 is 1.06 bits per heavy atom. The number of anilines is 1. The van der Waals surface area contributed by atoms with Gasteiger partial charge in [0.15, 0.2) is 0 Å². The molecular weight excluding hydrogens is 440 g/mol. The number of aromatic nitrogens is 2. The van der Waals surface area contributed by atoms with Crippen LogP contribution in [0.2, 0.25) is 5.02 Å². The Bertz CT molecular complexity index is 1180. The second-order valence-corrected chi connectivity index (χ2v) is 9.48. The van der Waals surface area contributed by atoms with Crippen LogP contribution in [0.25, 0.3) is 11.1 Å². The molecule has 2 heterocycles. The number of amides is 2. The van der Waals surface area contributed by atoms with Crippen molar-refractivity contribution in [2.75, 3.05) is 5.32 Å². The van der Waals surface area contributed by atoms with E-state index in [0.717, 1.165) is 29.7 Å². The molecule has 5 rings (SSSR count). The fraction of sp³-hybridized carbons (Fsp3) is 0.360. The highest BCUT2D eigenvalue weighted by molar-refractivity contribution is 6.33. The lowest BCUT2D eigenvalue weighted by Crippen LogP contribution is -2.48. The molecular formula is C25H25ClN4O3. The molecule has 0 spiro atoms. The number of fused-ring (bicyclic) bond motifs is 1. The van der Waals surface area contributed by atoms with Gasteiger partial charge in [0.1, 0.15) is 17.9 Å². The number of nitrogens with zero attached hydrogens (tertiary/aromatic N) is 2. The van der Waals surface area contributed by atoms with Crippen molar-refractivity contribution in [3.63, 3.8) is 0 Å². The minimum Gasteiger partial charge on any atom is -0.364 e. The molecule has 170 valence electrons. The van der Waals surface area contributed by atoms with E-state index < -0.39 is 6.04 Å². The standard InChI is InChI=1S/C25H25ClN4O3/c1-13-20(12-33-30-13)24(31)29-23(18-10-16-9-17(16)11-18)25(32)28-19-5-3-15(4-6-19)22-14(2)27-8-7-21(22)26/h3-8,12,16-18,23H,9-11H2,1-2H3,(H,28,32)(H,29,31)/t16-,17+,18+,23-/m1/s1. The first-order valence-corrected chi connectivity index (χ1v) is 11.5. The van der Waals surface area contributed by atoms with E-state index in [9.17, 15) is 9.59 Å². The Kier molecular flexibility index (Phi) is 5.66. The van der Waals surface area contributed by atoms with Crippen LogP contribution in [0.5, 0.6) is 0 Å². The number of carbonyl (C=O) groups is 2. The lowest BCUT2D eigenvalue weighted by Gasteiger charge is -2.25. The molecule has 33 heavy (non-hydrogen) atoms. The number of halogens is 1. The van der Waals surface area contributed by atoms with Gasteiger partial charge in [0.05, 0.1) is 10.7 Å². The van der Waals surface area contributed by atoms with Crippen LogP contribution in [-0.4, -0.2) is 28.0 Å². The maximum absolute atomic E-state index is 13.3. The molecule has 0 bridgehead atoms. The van der Waals surface area contributed by atoms with Crippen molar-refractivity contribution in [2.24, 2.45) is 17.8 Å². The van der Waals surface area contributed by atoms with Crippen molar-refractivity contribution in [3.8, 4) is 11.1 Å². The molecule has 2 N–H and O–H groups in total. The van der Waals surface area contributed by atoms with Gasteiger partial charge in [-0.25, -0.2) is 0 Å². The average molecular weight is 465 g/mol. The predicted octanol–water partition coefficient (Wildman–Crippen LogP) is 4.79. The minimum atomic E-state index is -0.616. The van der Waals surface area contributed by atoms with Crippen molar-refractivity contribution < 1.29 is 14.1 Å². The van der Waals surface area contributed by atoms with Gasteiger partial charge in [-0.2, -0.15) is 0 Å². The summed E-state index contributed by atoms with van der Waals surface area (Å²) in [6.45, 7) is 3.61. The van der Waals surface area contributed by atoms with Crippen LogP contribution in [0.4, 0.5) is 5.69 Å². The fourth-order valence-corrected chi connectivity index (χ4v) is 5.29. The zero-order chi connectivity index (χ0) is 23.1. The lowest BCUT2D eigenvalue weighted by atomic mass is 9.93. The van der Waals surface area contributed by atoms with Gasteiger partial charge in [0, 0.05) is 23.1 Å². The van der Waals surface area contributed by atoms with E-state index in [1.54, 1.807) is 19.2 Å². The maximum Gasteiger partial charge on any atom is 0.257 e. The molecule has 0 unspecified atom stereocenters. The van der Waals surface area contributed by atoms with Crippen LogP contribution in [0.15, 0.2) is 47.3 Å². The third kappa shape index (κ3) is 4.37. The molecule has 2 saturated carbocycles. The van der Waals surface area contributed by atoms with Gasteiger partial charge in [-0.1, -0.05) is 28.9 Å². The van der Waals surface area contributed by atoms with Crippen LogP contribution < -0.4 is 10.6 Å². The molecule has 0 saturated heterocycles. The summed E-state index contributed by atoms with van der Waals surface area (Å²) in [4.78, 5) is 30.4. The molecule has 3 aromatic rings.